The van der Waals surface area contributed by atoms with Crippen LogP contribution in [0.25, 0.3) is 0 Å². The number of unbranched alkanes of at least 4 members (excludes halogenated alkanes) is 1. The summed E-state index contributed by atoms with van der Waals surface area (Å²) in [5.41, 5.74) is 0. The highest BCUT2D eigenvalue weighted by Gasteiger charge is 2.38. The maximum Gasteiger partial charge on any atom is 0.217 e. The van der Waals surface area contributed by atoms with Crippen LogP contribution in [-0.4, -0.2) is 47.1 Å². The average molecular weight is 363 g/mol. The molecule has 1 atom stereocenters. The van der Waals surface area contributed by atoms with Gasteiger partial charge in [-0.3, -0.25) is 4.57 Å². The van der Waals surface area contributed by atoms with E-state index in [1.165, 1.54) is 57.8 Å². The lowest BCUT2D eigenvalue weighted by Gasteiger charge is -2.39. The molecule has 0 spiro atoms. The van der Waals surface area contributed by atoms with Crippen molar-refractivity contribution in [3.05, 3.63) is 0 Å². The van der Waals surface area contributed by atoms with Crippen LogP contribution < -0.4 is 0 Å². The summed E-state index contributed by atoms with van der Waals surface area (Å²) in [6, 6.07) is 0. The molecule has 0 saturated carbocycles. The van der Waals surface area contributed by atoms with Gasteiger partial charge in [0.05, 0.1) is 0 Å². The molecule has 2 heterocycles. The molecule has 2 aliphatic rings. The van der Waals surface area contributed by atoms with E-state index in [0.717, 1.165) is 39.0 Å². The lowest BCUT2D eigenvalue weighted by molar-refractivity contribution is 0.338. The molecule has 0 unspecified atom stereocenters. The molecule has 0 aromatic carbocycles. The van der Waals surface area contributed by atoms with Crippen molar-refractivity contribution < 1.29 is 4.57 Å². The van der Waals surface area contributed by atoms with Gasteiger partial charge in [-0.1, -0.05) is 45.4 Å². The number of hydrogen-bond donors (Lipinski definition) is 0. The highest BCUT2D eigenvalue weighted by molar-refractivity contribution is 7.59. The smallest absolute Gasteiger partial charge is 0.217 e. The van der Waals surface area contributed by atoms with Crippen molar-refractivity contribution in [2.24, 2.45) is 0 Å². The van der Waals surface area contributed by atoms with Gasteiger partial charge in [0, 0.05) is 37.7 Å². The minimum atomic E-state index is -2.49. The maximum atomic E-state index is 14.2. The summed E-state index contributed by atoms with van der Waals surface area (Å²) in [5, 5.41) is 0.0623. The van der Waals surface area contributed by atoms with Crippen molar-refractivity contribution in [3.63, 3.8) is 0 Å². The Kier molecular flexibility index (Phi) is 8.97. The highest BCUT2D eigenvalue weighted by atomic mass is 35.5. The number of rotatable bonds is 7. The molecule has 136 valence electrons. The second-order valence-corrected chi connectivity index (χ2v) is 10.8. The fourth-order valence-corrected chi connectivity index (χ4v) is 7.95. The lowest BCUT2D eigenvalue weighted by atomic mass is 10.2. The Morgan fingerprint density at radius 3 is 1.70 bits per heavy atom. The Morgan fingerprint density at radius 1 is 0.870 bits per heavy atom. The second-order valence-electron chi connectivity index (χ2n) is 7.32. The van der Waals surface area contributed by atoms with Crippen LogP contribution in [0, 0.1) is 0 Å². The van der Waals surface area contributed by atoms with E-state index in [9.17, 15) is 4.57 Å². The van der Waals surface area contributed by atoms with E-state index < -0.39 is 7.44 Å². The van der Waals surface area contributed by atoms with E-state index >= 15 is 0 Å². The van der Waals surface area contributed by atoms with Crippen molar-refractivity contribution in [1.82, 2.24) is 9.34 Å². The third-order valence-corrected chi connectivity index (χ3v) is 9.43. The predicted molar refractivity (Wildman–Crippen MR) is 102 cm³/mol. The second kappa shape index (κ2) is 10.4. The van der Waals surface area contributed by atoms with E-state index in [4.69, 9.17) is 11.6 Å². The largest absolute Gasteiger partial charge is 0.289 e. The van der Waals surface area contributed by atoms with Gasteiger partial charge in [0.1, 0.15) is 0 Å². The fraction of sp³-hybridized carbons (Fsp3) is 1.00. The third-order valence-electron chi connectivity index (χ3n) is 5.36. The van der Waals surface area contributed by atoms with Crippen molar-refractivity contribution in [3.8, 4) is 0 Å². The van der Waals surface area contributed by atoms with Gasteiger partial charge in [-0.15, -0.1) is 11.6 Å². The van der Waals surface area contributed by atoms with Crippen LogP contribution in [0.2, 0.25) is 0 Å². The third kappa shape index (κ3) is 6.03. The molecule has 0 amide bonds. The number of halogens is 1. The molecule has 0 aromatic heterocycles. The minimum Gasteiger partial charge on any atom is -0.289 e. The summed E-state index contributed by atoms with van der Waals surface area (Å²) in [7, 11) is -2.49. The molecule has 2 aliphatic heterocycles. The molecule has 0 N–H and O–H groups in total. The Hall–Kier alpha value is 0.440. The molecule has 23 heavy (non-hydrogen) atoms. The van der Waals surface area contributed by atoms with Gasteiger partial charge < -0.3 is 0 Å². The topological polar surface area (TPSA) is 23.6 Å². The SMILES string of the molecule is CCCC[C@@H](Cl)CP(=O)(N1CCCCCC1)N1CCCCCC1. The summed E-state index contributed by atoms with van der Waals surface area (Å²) < 4.78 is 18.9. The molecular weight excluding hydrogens is 327 g/mol. The fourth-order valence-electron chi connectivity index (χ4n) is 3.92. The Balaban J connectivity index is 2.12. The van der Waals surface area contributed by atoms with Crippen LogP contribution in [0.15, 0.2) is 0 Å². The standard InChI is InChI=1S/C18H36ClN2OP/c1-2-3-12-18(19)17-23(22,20-13-8-4-5-9-14-20)21-15-10-6-7-11-16-21/h18H,2-17H2,1H3/t18-/m1/s1. The summed E-state index contributed by atoms with van der Waals surface area (Å²) >= 11 is 6.64. The van der Waals surface area contributed by atoms with Gasteiger partial charge in [0.2, 0.25) is 7.44 Å². The molecule has 3 nitrogen and oxygen atoms in total. The van der Waals surface area contributed by atoms with Crippen LogP contribution in [0.3, 0.4) is 0 Å². The monoisotopic (exact) mass is 362 g/mol. The van der Waals surface area contributed by atoms with Gasteiger partial charge in [0.25, 0.3) is 0 Å². The average Bonchev–Trinajstić information content (AvgIpc) is 2.98. The van der Waals surface area contributed by atoms with Gasteiger partial charge in [-0.2, -0.15) is 0 Å². The summed E-state index contributed by atoms with van der Waals surface area (Å²) in [6.07, 6.45) is 13.9. The number of alkyl halides is 1. The zero-order valence-electron chi connectivity index (χ0n) is 15.0. The van der Waals surface area contributed by atoms with Gasteiger partial charge >= 0.3 is 0 Å². The molecule has 2 saturated heterocycles. The van der Waals surface area contributed by atoms with Crippen molar-refractivity contribution in [1.29, 1.82) is 0 Å². The van der Waals surface area contributed by atoms with E-state index in [1.54, 1.807) is 0 Å². The maximum absolute atomic E-state index is 14.2. The first-order valence-corrected chi connectivity index (χ1v) is 12.1. The molecular formula is C18H36ClN2OP. The van der Waals surface area contributed by atoms with Crippen LogP contribution in [0.4, 0.5) is 0 Å². The van der Waals surface area contributed by atoms with E-state index in [1.807, 2.05) is 0 Å². The normalized spacial score (nSPS) is 24.1. The molecule has 2 rings (SSSR count). The van der Waals surface area contributed by atoms with Crippen molar-refractivity contribution in [2.75, 3.05) is 32.3 Å². The summed E-state index contributed by atoms with van der Waals surface area (Å²) in [6.45, 7) is 6.22. The number of nitrogens with zero attached hydrogens (tertiary/aromatic N) is 2. The zero-order chi connectivity index (χ0) is 16.5. The highest BCUT2D eigenvalue weighted by Crippen LogP contribution is 2.56. The first-order chi connectivity index (χ1) is 11.2. The first kappa shape index (κ1) is 19.8. The van der Waals surface area contributed by atoms with E-state index in [2.05, 4.69) is 16.3 Å². The predicted octanol–water partition coefficient (Wildman–Crippen LogP) is 5.73. The molecule has 0 aliphatic carbocycles. The quantitative estimate of drug-likeness (QED) is 0.427. The van der Waals surface area contributed by atoms with E-state index in [-0.39, 0.29) is 5.38 Å². The Labute approximate surface area is 148 Å². The molecule has 0 bridgehead atoms. The summed E-state index contributed by atoms with van der Waals surface area (Å²) in [4.78, 5) is 0. The Bertz CT molecular complexity index is 340. The van der Waals surface area contributed by atoms with Gasteiger partial charge in [0.15, 0.2) is 0 Å². The van der Waals surface area contributed by atoms with Crippen molar-refractivity contribution in [2.45, 2.75) is 82.9 Å². The van der Waals surface area contributed by atoms with Crippen LogP contribution in [0.1, 0.15) is 77.6 Å². The first-order valence-electron chi connectivity index (χ1n) is 9.91. The zero-order valence-corrected chi connectivity index (χ0v) is 16.7. The van der Waals surface area contributed by atoms with Gasteiger partial charge in [-0.25, -0.2) is 9.34 Å². The van der Waals surface area contributed by atoms with Crippen LogP contribution in [0.5, 0.6) is 0 Å². The lowest BCUT2D eigenvalue weighted by Crippen LogP contribution is -2.36. The van der Waals surface area contributed by atoms with Crippen molar-refractivity contribution >= 4 is 19.0 Å². The Morgan fingerprint density at radius 2 is 1.30 bits per heavy atom. The van der Waals surface area contributed by atoms with Crippen LogP contribution in [-0.2, 0) is 4.57 Å². The molecule has 2 fully saturated rings. The number of hydrogen-bond acceptors (Lipinski definition) is 1. The van der Waals surface area contributed by atoms with E-state index in [0.29, 0.717) is 6.16 Å². The van der Waals surface area contributed by atoms with Gasteiger partial charge in [-0.05, 0) is 32.1 Å². The molecule has 0 radical (unpaired) electrons. The van der Waals surface area contributed by atoms with Crippen LogP contribution >= 0.6 is 19.0 Å². The minimum absolute atomic E-state index is 0.0623. The molecule has 0 aromatic rings. The summed E-state index contributed by atoms with van der Waals surface area (Å²) in [5.74, 6) is 0. The molecule has 5 heteroatoms.